The SMILES string of the molecule is CCn1cc(Cl)c(CN(C)S(=O)(=O)c2ccc(C)c(C)c2)n1. The molecule has 1 aromatic carbocycles. The van der Waals surface area contributed by atoms with Gasteiger partial charge in [0, 0.05) is 19.8 Å². The largest absolute Gasteiger partial charge is 0.271 e. The first-order valence-electron chi connectivity index (χ1n) is 7.01. The van der Waals surface area contributed by atoms with Gasteiger partial charge in [0.05, 0.1) is 22.2 Å². The average Bonchev–Trinajstić information content (AvgIpc) is 2.82. The maximum absolute atomic E-state index is 12.6. The highest BCUT2D eigenvalue weighted by molar-refractivity contribution is 7.89. The molecular formula is C15H20ClN3O2S. The number of sulfonamides is 1. The Morgan fingerprint density at radius 2 is 1.95 bits per heavy atom. The van der Waals surface area contributed by atoms with E-state index in [2.05, 4.69) is 5.10 Å². The molecule has 0 saturated heterocycles. The van der Waals surface area contributed by atoms with Gasteiger partial charge in [0.25, 0.3) is 0 Å². The van der Waals surface area contributed by atoms with Gasteiger partial charge in [0.2, 0.25) is 10.0 Å². The number of aryl methyl sites for hydroxylation is 3. The Bertz CT molecular complexity index is 784. The third kappa shape index (κ3) is 3.34. The topological polar surface area (TPSA) is 55.2 Å². The molecule has 7 heteroatoms. The average molecular weight is 342 g/mol. The molecule has 0 bridgehead atoms. The molecule has 22 heavy (non-hydrogen) atoms. The molecule has 0 fully saturated rings. The van der Waals surface area contributed by atoms with Crippen LogP contribution >= 0.6 is 11.6 Å². The van der Waals surface area contributed by atoms with E-state index < -0.39 is 10.0 Å². The Morgan fingerprint density at radius 1 is 1.27 bits per heavy atom. The number of aromatic nitrogens is 2. The number of nitrogens with zero attached hydrogens (tertiary/aromatic N) is 3. The molecular weight excluding hydrogens is 322 g/mol. The first-order valence-corrected chi connectivity index (χ1v) is 8.83. The lowest BCUT2D eigenvalue weighted by atomic mass is 10.1. The fourth-order valence-corrected chi connectivity index (χ4v) is 3.48. The molecule has 5 nitrogen and oxygen atoms in total. The molecule has 0 aliphatic rings. The van der Waals surface area contributed by atoms with Crippen LogP contribution in [0.4, 0.5) is 0 Å². The van der Waals surface area contributed by atoms with Gasteiger partial charge in [-0.15, -0.1) is 0 Å². The first-order chi connectivity index (χ1) is 10.3. The van der Waals surface area contributed by atoms with Gasteiger partial charge >= 0.3 is 0 Å². The van der Waals surface area contributed by atoms with E-state index in [1.165, 1.54) is 11.4 Å². The van der Waals surface area contributed by atoms with Crippen molar-refractivity contribution in [1.82, 2.24) is 14.1 Å². The minimum Gasteiger partial charge on any atom is -0.271 e. The van der Waals surface area contributed by atoms with Gasteiger partial charge < -0.3 is 0 Å². The fraction of sp³-hybridized carbons (Fsp3) is 0.400. The zero-order valence-electron chi connectivity index (χ0n) is 13.2. The molecule has 0 radical (unpaired) electrons. The molecule has 0 spiro atoms. The first kappa shape index (κ1) is 17.0. The lowest BCUT2D eigenvalue weighted by molar-refractivity contribution is 0.458. The molecule has 0 amide bonds. The van der Waals surface area contributed by atoms with Crippen LogP contribution in [0, 0.1) is 13.8 Å². The van der Waals surface area contributed by atoms with E-state index in [1.54, 1.807) is 23.0 Å². The lowest BCUT2D eigenvalue weighted by Gasteiger charge is -2.17. The normalized spacial score (nSPS) is 12.1. The van der Waals surface area contributed by atoms with Crippen LogP contribution in [-0.2, 0) is 23.1 Å². The highest BCUT2D eigenvalue weighted by Crippen LogP contribution is 2.22. The van der Waals surface area contributed by atoms with Crippen LogP contribution in [-0.4, -0.2) is 29.6 Å². The molecule has 2 aromatic rings. The zero-order chi connectivity index (χ0) is 16.5. The summed E-state index contributed by atoms with van der Waals surface area (Å²) in [5, 5.41) is 4.76. The molecule has 1 aromatic heterocycles. The monoisotopic (exact) mass is 341 g/mol. The van der Waals surface area contributed by atoms with E-state index in [0.29, 0.717) is 17.3 Å². The van der Waals surface area contributed by atoms with Crippen molar-refractivity contribution in [2.45, 2.75) is 38.8 Å². The van der Waals surface area contributed by atoms with Gasteiger partial charge in [-0.1, -0.05) is 17.7 Å². The smallest absolute Gasteiger partial charge is 0.243 e. The van der Waals surface area contributed by atoms with E-state index in [9.17, 15) is 8.42 Å². The Morgan fingerprint density at radius 3 is 2.50 bits per heavy atom. The summed E-state index contributed by atoms with van der Waals surface area (Å²) in [4.78, 5) is 0.282. The van der Waals surface area contributed by atoms with E-state index in [0.717, 1.165) is 11.1 Å². The Hall–Kier alpha value is -1.37. The summed E-state index contributed by atoms with van der Waals surface area (Å²) in [5.41, 5.74) is 2.56. The second-order valence-electron chi connectivity index (χ2n) is 5.29. The number of halogens is 1. The summed E-state index contributed by atoms with van der Waals surface area (Å²) in [6.07, 6.45) is 1.70. The maximum atomic E-state index is 12.6. The quantitative estimate of drug-likeness (QED) is 0.840. The zero-order valence-corrected chi connectivity index (χ0v) is 14.7. The van der Waals surface area contributed by atoms with Crippen LogP contribution in [0.25, 0.3) is 0 Å². The molecule has 0 N–H and O–H groups in total. The van der Waals surface area contributed by atoms with Crippen molar-refractivity contribution < 1.29 is 8.42 Å². The van der Waals surface area contributed by atoms with Crippen molar-refractivity contribution in [2.24, 2.45) is 0 Å². The van der Waals surface area contributed by atoms with Crippen molar-refractivity contribution in [3.05, 3.63) is 46.2 Å². The molecule has 2 rings (SSSR count). The highest BCUT2D eigenvalue weighted by atomic mass is 35.5. The Balaban J connectivity index is 2.28. The third-order valence-corrected chi connectivity index (χ3v) is 5.79. The van der Waals surface area contributed by atoms with Crippen LogP contribution in [0.5, 0.6) is 0 Å². The molecule has 120 valence electrons. The summed E-state index contributed by atoms with van der Waals surface area (Å²) < 4.78 is 28.2. The van der Waals surface area contributed by atoms with Crippen LogP contribution in [0.1, 0.15) is 23.7 Å². The molecule has 0 aliphatic heterocycles. The minimum absolute atomic E-state index is 0.140. The van der Waals surface area contributed by atoms with Gasteiger partial charge in [0.1, 0.15) is 0 Å². The van der Waals surface area contributed by atoms with Crippen LogP contribution in [0.15, 0.2) is 29.3 Å². The number of hydrogen-bond acceptors (Lipinski definition) is 3. The molecule has 1 heterocycles. The van der Waals surface area contributed by atoms with Gasteiger partial charge in [-0.3, -0.25) is 4.68 Å². The van der Waals surface area contributed by atoms with Gasteiger partial charge in [0.15, 0.2) is 0 Å². The Labute approximate surface area is 136 Å². The molecule has 0 saturated carbocycles. The minimum atomic E-state index is -3.57. The van der Waals surface area contributed by atoms with Crippen LogP contribution in [0.2, 0.25) is 5.02 Å². The van der Waals surface area contributed by atoms with Crippen molar-refractivity contribution >= 4 is 21.6 Å². The molecule has 0 atom stereocenters. The lowest BCUT2D eigenvalue weighted by Crippen LogP contribution is -2.27. The van der Waals surface area contributed by atoms with Crippen molar-refractivity contribution in [3.8, 4) is 0 Å². The van der Waals surface area contributed by atoms with Gasteiger partial charge in [-0.2, -0.15) is 9.40 Å². The van der Waals surface area contributed by atoms with Gasteiger partial charge in [-0.25, -0.2) is 8.42 Å². The summed E-state index contributed by atoms with van der Waals surface area (Å²) >= 11 is 6.11. The van der Waals surface area contributed by atoms with Crippen LogP contribution in [0.3, 0.4) is 0 Å². The van der Waals surface area contributed by atoms with E-state index in [4.69, 9.17) is 11.6 Å². The predicted molar refractivity (Wildman–Crippen MR) is 87.5 cm³/mol. The van der Waals surface area contributed by atoms with E-state index in [-0.39, 0.29) is 11.4 Å². The van der Waals surface area contributed by atoms with Crippen molar-refractivity contribution in [3.63, 3.8) is 0 Å². The van der Waals surface area contributed by atoms with E-state index in [1.807, 2.05) is 26.8 Å². The fourth-order valence-electron chi connectivity index (χ4n) is 2.06. The van der Waals surface area contributed by atoms with Crippen molar-refractivity contribution in [2.75, 3.05) is 7.05 Å². The van der Waals surface area contributed by atoms with Gasteiger partial charge in [-0.05, 0) is 44.0 Å². The second kappa shape index (κ2) is 6.40. The highest BCUT2D eigenvalue weighted by Gasteiger charge is 2.23. The number of benzene rings is 1. The summed E-state index contributed by atoms with van der Waals surface area (Å²) in [5.74, 6) is 0. The second-order valence-corrected chi connectivity index (χ2v) is 7.74. The molecule has 0 aliphatic carbocycles. The summed E-state index contributed by atoms with van der Waals surface area (Å²) in [6, 6.07) is 5.13. The summed E-state index contributed by atoms with van der Waals surface area (Å²) in [6.45, 7) is 6.62. The standard InChI is InChI=1S/C15H20ClN3O2S/c1-5-19-9-14(16)15(17-19)10-18(4)22(20,21)13-7-6-11(2)12(3)8-13/h6-9H,5,10H2,1-4H3. The summed E-state index contributed by atoms with van der Waals surface area (Å²) in [7, 11) is -2.03. The van der Waals surface area contributed by atoms with Crippen LogP contribution < -0.4 is 0 Å². The Kier molecular flexibility index (Phi) is 4.94. The van der Waals surface area contributed by atoms with E-state index >= 15 is 0 Å². The maximum Gasteiger partial charge on any atom is 0.243 e. The van der Waals surface area contributed by atoms with Crippen molar-refractivity contribution in [1.29, 1.82) is 0 Å². The molecule has 0 unspecified atom stereocenters. The third-order valence-electron chi connectivity index (χ3n) is 3.67. The predicted octanol–water partition coefficient (Wildman–Crippen LogP) is 2.99. The number of rotatable bonds is 5. The number of hydrogen-bond donors (Lipinski definition) is 0.